The van der Waals surface area contributed by atoms with Gasteiger partial charge in [0, 0.05) is 29.5 Å². The molecule has 0 radical (unpaired) electrons. The van der Waals surface area contributed by atoms with Crippen LogP contribution in [0.25, 0.3) is 10.4 Å². The lowest BCUT2D eigenvalue weighted by Crippen LogP contribution is -2.33. The summed E-state index contributed by atoms with van der Waals surface area (Å²) in [5.41, 5.74) is 2.15. The lowest BCUT2D eigenvalue weighted by Gasteiger charge is -2.14. The van der Waals surface area contributed by atoms with Crippen molar-refractivity contribution in [2.24, 2.45) is 0 Å². The average molecular weight is 348 g/mol. The van der Waals surface area contributed by atoms with Crippen LogP contribution in [0.4, 0.5) is 10.5 Å². The van der Waals surface area contributed by atoms with E-state index in [9.17, 15) is 9.59 Å². The smallest absolute Gasteiger partial charge is 0.407 e. The number of rotatable bonds is 5. The zero-order valence-corrected chi connectivity index (χ0v) is 14.8. The molecule has 1 aromatic heterocycles. The van der Waals surface area contributed by atoms with Gasteiger partial charge in [-0.1, -0.05) is 12.1 Å². The largest absolute Gasteiger partial charge is 0.467 e. The molecule has 1 aromatic carbocycles. The molecule has 0 saturated heterocycles. The molecule has 0 fully saturated rings. The number of alkyl carbamates (subject to hydrolysis) is 1. The van der Waals surface area contributed by atoms with Gasteiger partial charge in [0.25, 0.3) is 0 Å². The van der Waals surface area contributed by atoms with E-state index in [4.69, 9.17) is 4.74 Å². The van der Waals surface area contributed by atoms with Crippen molar-refractivity contribution in [1.82, 2.24) is 5.32 Å². The van der Waals surface area contributed by atoms with Crippen LogP contribution in [0.3, 0.4) is 0 Å². The molecular weight excluding hydrogens is 328 g/mol. The maximum atomic E-state index is 11.9. The van der Waals surface area contributed by atoms with Crippen LogP contribution in [0.15, 0.2) is 36.4 Å². The SMILES string of the molecule is COC(=O)N[C@H](C(=O)OC)c1ccc(-c2ccc(N(C)C)cc2)s1. The first kappa shape index (κ1) is 17.8. The predicted molar refractivity (Wildman–Crippen MR) is 94.4 cm³/mol. The van der Waals surface area contributed by atoms with Gasteiger partial charge in [0.15, 0.2) is 6.04 Å². The van der Waals surface area contributed by atoms with Crippen molar-refractivity contribution in [1.29, 1.82) is 0 Å². The molecule has 1 heterocycles. The highest BCUT2D eigenvalue weighted by atomic mass is 32.1. The van der Waals surface area contributed by atoms with Gasteiger partial charge in [-0.3, -0.25) is 0 Å². The summed E-state index contributed by atoms with van der Waals surface area (Å²) in [4.78, 5) is 27.1. The molecule has 1 atom stereocenters. The van der Waals surface area contributed by atoms with Gasteiger partial charge in [0.2, 0.25) is 0 Å². The van der Waals surface area contributed by atoms with Crippen LogP contribution < -0.4 is 10.2 Å². The Hall–Kier alpha value is -2.54. The first-order valence-electron chi connectivity index (χ1n) is 7.26. The fraction of sp³-hybridized carbons (Fsp3) is 0.294. The first-order valence-corrected chi connectivity index (χ1v) is 8.07. The molecule has 0 saturated carbocycles. The number of anilines is 1. The summed E-state index contributed by atoms with van der Waals surface area (Å²) in [5.74, 6) is -0.545. The number of thiophene rings is 1. The summed E-state index contributed by atoms with van der Waals surface area (Å²) < 4.78 is 9.33. The van der Waals surface area contributed by atoms with Gasteiger partial charge in [-0.2, -0.15) is 0 Å². The van der Waals surface area contributed by atoms with Gasteiger partial charge in [-0.05, 0) is 29.8 Å². The lowest BCUT2D eigenvalue weighted by atomic mass is 10.1. The second kappa shape index (κ2) is 7.83. The van der Waals surface area contributed by atoms with Crippen LogP contribution in [-0.4, -0.2) is 40.4 Å². The molecule has 128 valence electrons. The van der Waals surface area contributed by atoms with Crippen molar-refractivity contribution in [2.75, 3.05) is 33.2 Å². The molecular formula is C17H20N2O4S. The number of benzene rings is 1. The van der Waals surface area contributed by atoms with Crippen LogP contribution in [0, 0.1) is 0 Å². The normalized spacial score (nSPS) is 11.5. The van der Waals surface area contributed by atoms with Crippen molar-refractivity contribution in [3.63, 3.8) is 0 Å². The highest BCUT2D eigenvalue weighted by molar-refractivity contribution is 7.15. The number of ether oxygens (including phenoxy) is 2. The Kier molecular flexibility index (Phi) is 5.81. The third-order valence-electron chi connectivity index (χ3n) is 3.46. The Balaban J connectivity index is 2.26. The quantitative estimate of drug-likeness (QED) is 0.841. The summed E-state index contributed by atoms with van der Waals surface area (Å²) >= 11 is 1.42. The number of carbonyl (C=O) groups is 2. The van der Waals surface area contributed by atoms with E-state index in [1.54, 1.807) is 6.07 Å². The number of amides is 1. The van der Waals surface area contributed by atoms with Crippen molar-refractivity contribution in [2.45, 2.75) is 6.04 Å². The number of hydrogen-bond acceptors (Lipinski definition) is 6. The van der Waals surface area contributed by atoms with Crippen LogP contribution in [0.5, 0.6) is 0 Å². The Labute approximate surface area is 145 Å². The highest BCUT2D eigenvalue weighted by Gasteiger charge is 2.25. The van der Waals surface area contributed by atoms with Gasteiger partial charge in [-0.15, -0.1) is 11.3 Å². The van der Waals surface area contributed by atoms with E-state index in [1.807, 2.05) is 49.3 Å². The van der Waals surface area contributed by atoms with E-state index in [2.05, 4.69) is 10.1 Å². The van der Waals surface area contributed by atoms with Crippen LogP contribution in [0.1, 0.15) is 10.9 Å². The Bertz CT molecular complexity index is 710. The average Bonchev–Trinajstić information content (AvgIpc) is 3.08. The maximum absolute atomic E-state index is 11.9. The Morgan fingerprint density at radius 3 is 2.25 bits per heavy atom. The molecule has 1 N–H and O–H groups in total. The van der Waals surface area contributed by atoms with Crippen molar-refractivity contribution in [3.05, 3.63) is 41.3 Å². The van der Waals surface area contributed by atoms with Crippen molar-refractivity contribution >= 4 is 29.1 Å². The number of hydrogen-bond donors (Lipinski definition) is 1. The summed E-state index contributed by atoms with van der Waals surface area (Å²) in [6.45, 7) is 0. The van der Waals surface area contributed by atoms with E-state index in [0.717, 1.165) is 16.1 Å². The third-order valence-corrected chi connectivity index (χ3v) is 4.66. The van der Waals surface area contributed by atoms with E-state index in [-0.39, 0.29) is 0 Å². The summed E-state index contributed by atoms with van der Waals surface area (Å²) in [5, 5.41) is 2.49. The van der Waals surface area contributed by atoms with Crippen LogP contribution in [0.2, 0.25) is 0 Å². The number of carbonyl (C=O) groups excluding carboxylic acids is 2. The summed E-state index contributed by atoms with van der Waals surface area (Å²) in [6.07, 6.45) is -0.685. The molecule has 0 aliphatic carbocycles. The molecule has 0 aliphatic rings. The van der Waals surface area contributed by atoms with Crippen LogP contribution in [-0.2, 0) is 14.3 Å². The number of nitrogens with one attached hydrogen (secondary N) is 1. The molecule has 0 spiro atoms. The Morgan fingerprint density at radius 1 is 1.04 bits per heavy atom. The van der Waals surface area contributed by atoms with Crippen LogP contribution >= 0.6 is 11.3 Å². The van der Waals surface area contributed by atoms with E-state index in [0.29, 0.717) is 4.88 Å². The minimum Gasteiger partial charge on any atom is -0.467 e. The van der Waals surface area contributed by atoms with E-state index >= 15 is 0 Å². The molecule has 2 aromatic rings. The summed E-state index contributed by atoms with van der Waals surface area (Å²) in [6, 6.07) is 10.9. The zero-order valence-electron chi connectivity index (χ0n) is 14.0. The molecule has 0 unspecified atom stereocenters. The minimum absolute atomic E-state index is 0.545. The fourth-order valence-electron chi connectivity index (χ4n) is 2.13. The van der Waals surface area contributed by atoms with E-state index < -0.39 is 18.1 Å². The molecule has 2 rings (SSSR count). The second-order valence-corrected chi connectivity index (χ2v) is 6.35. The maximum Gasteiger partial charge on any atom is 0.407 e. The van der Waals surface area contributed by atoms with Gasteiger partial charge >= 0.3 is 12.1 Å². The van der Waals surface area contributed by atoms with Gasteiger partial charge < -0.3 is 19.7 Å². The number of methoxy groups -OCH3 is 2. The predicted octanol–water partition coefficient (Wildman–Crippen LogP) is 3.05. The van der Waals surface area contributed by atoms with Crippen molar-refractivity contribution < 1.29 is 19.1 Å². The fourth-order valence-corrected chi connectivity index (χ4v) is 3.18. The summed E-state index contributed by atoms with van der Waals surface area (Å²) in [7, 11) is 6.49. The molecule has 24 heavy (non-hydrogen) atoms. The van der Waals surface area contributed by atoms with Gasteiger partial charge in [0.1, 0.15) is 0 Å². The lowest BCUT2D eigenvalue weighted by molar-refractivity contribution is -0.143. The molecule has 6 nitrogen and oxygen atoms in total. The van der Waals surface area contributed by atoms with Gasteiger partial charge in [-0.25, -0.2) is 9.59 Å². The molecule has 0 bridgehead atoms. The standard InChI is InChI=1S/C17H20N2O4S/c1-19(2)12-7-5-11(6-8-12)13-9-10-14(24-13)15(16(20)22-3)18-17(21)23-4/h5-10,15H,1-4H3,(H,18,21)/t15-/m0/s1. The molecule has 1 amide bonds. The van der Waals surface area contributed by atoms with Gasteiger partial charge in [0.05, 0.1) is 14.2 Å². The van der Waals surface area contributed by atoms with E-state index in [1.165, 1.54) is 25.6 Å². The molecule has 0 aliphatic heterocycles. The number of nitrogens with zero attached hydrogens (tertiary/aromatic N) is 1. The first-order chi connectivity index (χ1) is 11.5. The second-order valence-electron chi connectivity index (χ2n) is 5.24. The third kappa shape index (κ3) is 4.05. The monoisotopic (exact) mass is 348 g/mol. The highest BCUT2D eigenvalue weighted by Crippen LogP contribution is 2.32. The molecule has 7 heteroatoms. The zero-order chi connectivity index (χ0) is 17.7. The number of esters is 1. The van der Waals surface area contributed by atoms with Crippen molar-refractivity contribution in [3.8, 4) is 10.4 Å². The minimum atomic E-state index is -0.887. The Morgan fingerprint density at radius 2 is 1.71 bits per heavy atom. The topological polar surface area (TPSA) is 67.9 Å².